The fourth-order valence-corrected chi connectivity index (χ4v) is 3.06. The monoisotopic (exact) mass is 321 g/mol. The Bertz CT molecular complexity index is 1040. The van der Waals surface area contributed by atoms with E-state index in [1.807, 2.05) is 38.2 Å². The number of hydrogen-bond acceptors (Lipinski definition) is 4. The van der Waals surface area contributed by atoms with E-state index in [1.54, 1.807) is 16.9 Å². The number of aryl methyl sites for hydroxylation is 1. The SMILES string of the molecule is CC(Nc1ncnc2cnn(C)c12)c1ccc(F)c2ccccc12. The van der Waals surface area contributed by atoms with E-state index in [-0.39, 0.29) is 11.9 Å². The Morgan fingerprint density at radius 1 is 1.08 bits per heavy atom. The predicted molar refractivity (Wildman–Crippen MR) is 92.2 cm³/mol. The van der Waals surface area contributed by atoms with Gasteiger partial charge in [-0.3, -0.25) is 4.68 Å². The lowest BCUT2D eigenvalue weighted by molar-refractivity contribution is 0.639. The maximum Gasteiger partial charge on any atom is 0.156 e. The summed E-state index contributed by atoms with van der Waals surface area (Å²) in [6, 6.07) is 10.8. The second-order valence-electron chi connectivity index (χ2n) is 5.77. The minimum absolute atomic E-state index is 0.0523. The highest BCUT2D eigenvalue weighted by molar-refractivity contribution is 5.88. The summed E-state index contributed by atoms with van der Waals surface area (Å²) in [6.45, 7) is 2.03. The molecule has 1 unspecified atom stereocenters. The van der Waals surface area contributed by atoms with E-state index in [2.05, 4.69) is 20.4 Å². The van der Waals surface area contributed by atoms with E-state index >= 15 is 0 Å². The van der Waals surface area contributed by atoms with Gasteiger partial charge in [-0.2, -0.15) is 5.10 Å². The predicted octanol–water partition coefficient (Wildman–Crippen LogP) is 3.83. The fourth-order valence-electron chi connectivity index (χ4n) is 3.06. The molecule has 0 bridgehead atoms. The largest absolute Gasteiger partial charge is 0.362 e. The molecule has 2 aromatic carbocycles. The number of nitrogens with zero attached hydrogens (tertiary/aromatic N) is 4. The van der Waals surface area contributed by atoms with Gasteiger partial charge in [0, 0.05) is 12.4 Å². The van der Waals surface area contributed by atoms with Gasteiger partial charge >= 0.3 is 0 Å². The first-order valence-electron chi connectivity index (χ1n) is 7.71. The molecule has 120 valence electrons. The number of rotatable bonds is 3. The zero-order valence-electron chi connectivity index (χ0n) is 13.4. The Kier molecular flexibility index (Phi) is 3.37. The summed E-state index contributed by atoms with van der Waals surface area (Å²) in [5.74, 6) is 0.499. The zero-order valence-corrected chi connectivity index (χ0v) is 13.4. The van der Waals surface area contributed by atoms with Crippen molar-refractivity contribution in [3.8, 4) is 0 Å². The molecule has 0 amide bonds. The summed E-state index contributed by atoms with van der Waals surface area (Å²) >= 11 is 0. The standard InChI is InChI=1S/C18H16FN5/c1-11(12-7-8-15(19)14-6-4-3-5-13(12)14)23-18-17-16(20-10-21-18)9-22-24(17)2/h3-11H,1-2H3,(H,20,21,23). The first kappa shape index (κ1) is 14.6. The average molecular weight is 321 g/mol. The van der Waals surface area contributed by atoms with Gasteiger partial charge < -0.3 is 5.32 Å². The van der Waals surface area contributed by atoms with Gasteiger partial charge in [-0.1, -0.05) is 30.3 Å². The molecule has 4 rings (SSSR count). The Labute approximate surface area is 138 Å². The molecule has 2 heterocycles. The van der Waals surface area contributed by atoms with E-state index in [4.69, 9.17) is 0 Å². The van der Waals surface area contributed by atoms with Gasteiger partial charge in [-0.25, -0.2) is 14.4 Å². The van der Waals surface area contributed by atoms with Crippen LogP contribution in [0.1, 0.15) is 18.5 Å². The highest BCUT2D eigenvalue weighted by atomic mass is 19.1. The summed E-state index contributed by atoms with van der Waals surface area (Å²) in [6.07, 6.45) is 3.22. The molecule has 0 aliphatic rings. The van der Waals surface area contributed by atoms with E-state index < -0.39 is 0 Å². The molecule has 0 saturated heterocycles. The molecule has 4 aromatic rings. The van der Waals surface area contributed by atoms with Gasteiger partial charge in [0.15, 0.2) is 5.82 Å². The van der Waals surface area contributed by atoms with Crippen molar-refractivity contribution in [3.05, 3.63) is 60.3 Å². The second kappa shape index (κ2) is 5.56. The molecule has 24 heavy (non-hydrogen) atoms. The van der Waals surface area contributed by atoms with Crippen LogP contribution in [0.5, 0.6) is 0 Å². The van der Waals surface area contributed by atoms with Crippen molar-refractivity contribution in [2.75, 3.05) is 5.32 Å². The molecule has 2 aromatic heterocycles. The molecule has 0 aliphatic carbocycles. The fraction of sp³-hybridized carbons (Fsp3) is 0.167. The van der Waals surface area contributed by atoms with Gasteiger partial charge in [0.1, 0.15) is 23.2 Å². The third kappa shape index (κ3) is 2.27. The minimum Gasteiger partial charge on any atom is -0.362 e. The van der Waals surface area contributed by atoms with Crippen LogP contribution in [0, 0.1) is 5.82 Å². The normalized spacial score (nSPS) is 12.6. The maximum atomic E-state index is 14.0. The van der Waals surface area contributed by atoms with Crippen LogP contribution < -0.4 is 5.32 Å². The number of anilines is 1. The molecular weight excluding hydrogens is 305 g/mol. The molecule has 0 saturated carbocycles. The lowest BCUT2D eigenvalue weighted by Gasteiger charge is -2.18. The van der Waals surface area contributed by atoms with Crippen molar-refractivity contribution in [2.45, 2.75) is 13.0 Å². The lowest BCUT2D eigenvalue weighted by atomic mass is 9.99. The van der Waals surface area contributed by atoms with Crippen molar-refractivity contribution in [1.82, 2.24) is 19.7 Å². The van der Waals surface area contributed by atoms with Crippen LogP contribution in [-0.4, -0.2) is 19.7 Å². The van der Waals surface area contributed by atoms with Crippen molar-refractivity contribution in [3.63, 3.8) is 0 Å². The zero-order chi connectivity index (χ0) is 16.7. The van der Waals surface area contributed by atoms with Crippen molar-refractivity contribution < 1.29 is 4.39 Å². The van der Waals surface area contributed by atoms with E-state index in [9.17, 15) is 4.39 Å². The summed E-state index contributed by atoms with van der Waals surface area (Å²) < 4.78 is 15.8. The van der Waals surface area contributed by atoms with E-state index in [0.717, 1.165) is 22.0 Å². The Hall–Kier alpha value is -3.02. The lowest BCUT2D eigenvalue weighted by Crippen LogP contribution is -2.10. The van der Waals surface area contributed by atoms with Gasteiger partial charge in [0.05, 0.1) is 12.2 Å². The molecule has 0 spiro atoms. The van der Waals surface area contributed by atoms with Crippen molar-refractivity contribution >= 4 is 27.6 Å². The number of aromatic nitrogens is 4. The molecule has 1 N–H and O–H groups in total. The van der Waals surface area contributed by atoms with E-state index in [1.165, 1.54) is 12.4 Å². The number of fused-ring (bicyclic) bond motifs is 2. The molecule has 6 heteroatoms. The Balaban J connectivity index is 1.78. The molecule has 0 fully saturated rings. The molecule has 0 radical (unpaired) electrons. The van der Waals surface area contributed by atoms with Crippen LogP contribution >= 0.6 is 0 Å². The molecule has 0 aliphatic heterocycles. The highest BCUT2D eigenvalue weighted by Gasteiger charge is 2.15. The van der Waals surface area contributed by atoms with Crippen LogP contribution in [0.2, 0.25) is 0 Å². The van der Waals surface area contributed by atoms with Crippen LogP contribution in [0.4, 0.5) is 10.2 Å². The maximum absolute atomic E-state index is 14.0. The Morgan fingerprint density at radius 3 is 2.71 bits per heavy atom. The van der Waals surface area contributed by atoms with Crippen molar-refractivity contribution in [1.29, 1.82) is 0 Å². The van der Waals surface area contributed by atoms with Crippen LogP contribution in [0.15, 0.2) is 48.9 Å². The number of halogens is 1. The molecule has 1 atom stereocenters. The summed E-state index contributed by atoms with van der Waals surface area (Å²) in [5.41, 5.74) is 2.64. The molecule has 5 nitrogen and oxygen atoms in total. The summed E-state index contributed by atoms with van der Waals surface area (Å²) in [5, 5.41) is 9.15. The Morgan fingerprint density at radius 2 is 1.88 bits per heavy atom. The minimum atomic E-state index is -0.211. The number of benzene rings is 2. The van der Waals surface area contributed by atoms with Crippen LogP contribution in [-0.2, 0) is 7.05 Å². The topological polar surface area (TPSA) is 55.6 Å². The highest BCUT2D eigenvalue weighted by Crippen LogP contribution is 2.29. The number of hydrogen-bond donors (Lipinski definition) is 1. The summed E-state index contributed by atoms with van der Waals surface area (Å²) in [7, 11) is 1.86. The van der Waals surface area contributed by atoms with Crippen LogP contribution in [0.25, 0.3) is 21.8 Å². The third-order valence-corrected chi connectivity index (χ3v) is 4.25. The molecular formula is C18H16FN5. The average Bonchev–Trinajstić information content (AvgIpc) is 2.98. The number of nitrogens with one attached hydrogen (secondary N) is 1. The third-order valence-electron chi connectivity index (χ3n) is 4.25. The van der Waals surface area contributed by atoms with Gasteiger partial charge in [0.25, 0.3) is 0 Å². The van der Waals surface area contributed by atoms with Gasteiger partial charge in [-0.05, 0) is 23.9 Å². The van der Waals surface area contributed by atoms with Gasteiger partial charge in [-0.15, -0.1) is 0 Å². The smallest absolute Gasteiger partial charge is 0.156 e. The van der Waals surface area contributed by atoms with Gasteiger partial charge in [0.2, 0.25) is 0 Å². The van der Waals surface area contributed by atoms with Crippen molar-refractivity contribution in [2.24, 2.45) is 7.05 Å². The second-order valence-corrected chi connectivity index (χ2v) is 5.77. The first-order valence-corrected chi connectivity index (χ1v) is 7.71. The summed E-state index contributed by atoms with van der Waals surface area (Å²) in [4.78, 5) is 8.57. The van der Waals surface area contributed by atoms with E-state index in [0.29, 0.717) is 11.2 Å². The quantitative estimate of drug-likeness (QED) is 0.623. The first-order chi connectivity index (χ1) is 11.6. The van der Waals surface area contributed by atoms with Crippen LogP contribution in [0.3, 0.4) is 0 Å².